The van der Waals surface area contributed by atoms with Gasteiger partial charge in [-0.3, -0.25) is 4.79 Å². The van der Waals surface area contributed by atoms with Gasteiger partial charge >= 0.3 is 5.97 Å². The maximum absolute atomic E-state index is 12.6. The molecule has 2 nitrogen and oxygen atoms in total. The molecule has 36 heavy (non-hydrogen) atoms. The second-order valence-electron chi connectivity index (χ2n) is 14.2. The second kappa shape index (κ2) is 11.8. The fourth-order valence-corrected chi connectivity index (χ4v) is 9.92. The van der Waals surface area contributed by atoms with Crippen molar-refractivity contribution in [1.82, 2.24) is 0 Å². The molecule has 0 bridgehead atoms. The van der Waals surface area contributed by atoms with Gasteiger partial charge in [-0.15, -0.1) is 0 Å². The molecular formula is C33H55BrO2. The average Bonchev–Trinajstić information content (AvgIpc) is 3.19. The second-order valence-corrected chi connectivity index (χ2v) is 15.3. The Hall–Kier alpha value is -0.310. The third-order valence-corrected chi connectivity index (χ3v) is 12.4. The van der Waals surface area contributed by atoms with E-state index in [1.54, 1.807) is 5.57 Å². The Morgan fingerprint density at radius 2 is 1.81 bits per heavy atom. The highest BCUT2D eigenvalue weighted by atomic mass is 79.9. The summed E-state index contributed by atoms with van der Waals surface area (Å²) in [7, 11) is 0. The zero-order valence-electron chi connectivity index (χ0n) is 24.3. The summed E-state index contributed by atoms with van der Waals surface area (Å²) >= 11 is 3.57. The Morgan fingerprint density at radius 1 is 1.03 bits per heavy atom. The third-order valence-electron chi connectivity index (χ3n) is 11.6. The van der Waals surface area contributed by atoms with Crippen molar-refractivity contribution < 1.29 is 9.53 Å². The van der Waals surface area contributed by atoms with Gasteiger partial charge in [-0.2, -0.15) is 0 Å². The molecule has 0 spiro atoms. The van der Waals surface area contributed by atoms with Crippen LogP contribution in [0.25, 0.3) is 0 Å². The molecule has 3 saturated carbocycles. The van der Waals surface area contributed by atoms with Gasteiger partial charge in [0.2, 0.25) is 0 Å². The zero-order valence-corrected chi connectivity index (χ0v) is 25.9. The number of rotatable bonds is 10. The van der Waals surface area contributed by atoms with Crippen LogP contribution >= 0.6 is 15.9 Å². The number of unbranched alkanes of at least 4 members (excludes halogenated alkanes) is 1. The summed E-state index contributed by atoms with van der Waals surface area (Å²) in [5.41, 5.74) is 2.49. The summed E-state index contributed by atoms with van der Waals surface area (Å²) in [6, 6.07) is 0. The van der Waals surface area contributed by atoms with Crippen molar-refractivity contribution in [3.8, 4) is 0 Å². The van der Waals surface area contributed by atoms with Crippen LogP contribution in [0, 0.1) is 46.3 Å². The van der Waals surface area contributed by atoms with E-state index in [-0.39, 0.29) is 16.9 Å². The van der Waals surface area contributed by atoms with Gasteiger partial charge < -0.3 is 4.74 Å². The maximum atomic E-state index is 12.6. The predicted molar refractivity (Wildman–Crippen MR) is 155 cm³/mol. The molecule has 206 valence electrons. The number of esters is 1. The van der Waals surface area contributed by atoms with Crippen LogP contribution in [0.4, 0.5) is 0 Å². The Labute approximate surface area is 231 Å². The van der Waals surface area contributed by atoms with Crippen LogP contribution in [-0.4, -0.2) is 16.9 Å². The molecular weight excluding hydrogens is 508 g/mol. The minimum absolute atomic E-state index is 0.0423. The van der Waals surface area contributed by atoms with E-state index < -0.39 is 0 Å². The molecule has 0 aromatic rings. The van der Waals surface area contributed by atoms with E-state index in [1.165, 1.54) is 57.8 Å². The van der Waals surface area contributed by atoms with Gasteiger partial charge in [-0.1, -0.05) is 101 Å². The molecule has 0 heterocycles. The summed E-state index contributed by atoms with van der Waals surface area (Å²) in [4.78, 5) is 12.5. The minimum Gasteiger partial charge on any atom is -0.461 e. The number of halogens is 1. The van der Waals surface area contributed by atoms with Crippen LogP contribution in [0.15, 0.2) is 11.6 Å². The summed E-state index contributed by atoms with van der Waals surface area (Å²) in [5.74, 6) is 5.20. The van der Waals surface area contributed by atoms with Crippen molar-refractivity contribution in [3.05, 3.63) is 11.6 Å². The van der Waals surface area contributed by atoms with E-state index in [2.05, 4.69) is 63.5 Å². The van der Waals surface area contributed by atoms with Gasteiger partial charge in [-0.05, 0) is 97.7 Å². The summed E-state index contributed by atoms with van der Waals surface area (Å²) in [6.07, 6.45) is 20.2. The lowest BCUT2D eigenvalue weighted by molar-refractivity contribution is -0.150. The van der Waals surface area contributed by atoms with Crippen LogP contribution in [0.5, 0.6) is 0 Å². The van der Waals surface area contributed by atoms with Crippen molar-refractivity contribution in [3.63, 3.8) is 0 Å². The topological polar surface area (TPSA) is 26.3 Å². The minimum atomic E-state index is -0.144. The van der Waals surface area contributed by atoms with Gasteiger partial charge in [0.05, 0.1) is 0 Å². The lowest BCUT2D eigenvalue weighted by Crippen LogP contribution is -2.51. The van der Waals surface area contributed by atoms with Crippen molar-refractivity contribution in [2.75, 3.05) is 0 Å². The molecule has 0 aromatic heterocycles. The smallest absolute Gasteiger partial charge is 0.320 e. The normalized spacial score (nSPS) is 39.6. The molecule has 4 aliphatic rings. The first kappa shape index (κ1) is 28.7. The van der Waals surface area contributed by atoms with Crippen LogP contribution < -0.4 is 0 Å². The highest BCUT2D eigenvalue weighted by Gasteiger charge is 2.59. The van der Waals surface area contributed by atoms with E-state index >= 15 is 0 Å². The molecule has 0 unspecified atom stereocenters. The zero-order chi connectivity index (χ0) is 26.1. The lowest BCUT2D eigenvalue weighted by Gasteiger charge is -2.58. The Balaban J connectivity index is 1.40. The molecule has 4 aliphatic carbocycles. The molecule has 3 fully saturated rings. The van der Waals surface area contributed by atoms with Gasteiger partial charge in [0.25, 0.3) is 0 Å². The molecule has 0 radical (unpaired) electrons. The van der Waals surface area contributed by atoms with Crippen LogP contribution in [0.2, 0.25) is 0 Å². The van der Waals surface area contributed by atoms with E-state index in [1.807, 2.05) is 0 Å². The van der Waals surface area contributed by atoms with E-state index in [4.69, 9.17) is 4.74 Å². The highest BCUT2D eigenvalue weighted by Crippen LogP contribution is 2.67. The van der Waals surface area contributed by atoms with Crippen molar-refractivity contribution in [1.29, 1.82) is 0 Å². The first-order valence-electron chi connectivity index (χ1n) is 15.6. The van der Waals surface area contributed by atoms with Gasteiger partial charge in [0, 0.05) is 6.42 Å². The van der Waals surface area contributed by atoms with Crippen LogP contribution in [0.1, 0.15) is 131 Å². The number of carbonyl (C=O) groups is 1. The Kier molecular flexibility index (Phi) is 9.43. The molecule has 0 aliphatic heterocycles. The number of hydrogen-bond acceptors (Lipinski definition) is 2. The Morgan fingerprint density at radius 3 is 2.53 bits per heavy atom. The first-order valence-corrected chi connectivity index (χ1v) is 16.6. The number of fused-ring (bicyclic) bond motifs is 5. The summed E-state index contributed by atoms with van der Waals surface area (Å²) in [6.45, 7) is 14.8. The highest BCUT2D eigenvalue weighted by molar-refractivity contribution is 9.10. The number of carbonyl (C=O) groups excluding carboxylic acids is 1. The summed E-state index contributed by atoms with van der Waals surface area (Å²) in [5, 5.41) is 0. The number of alkyl halides is 1. The van der Waals surface area contributed by atoms with Crippen LogP contribution in [-0.2, 0) is 9.53 Å². The lowest BCUT2D eigenvalue weighted by atomic mass is 9.47. The number of hydrogen-bond donors (Lipinski definition) is 0. The molecule has 0 N–H and O–H groups in total. The largest absolute Gasteiger partial charge is 0.461 e. The summed E-state index contributed by atoms with van der Waals surface area (Å²) < 4.78 is 6.03. The maximum Gasteiger partial charge on any atom is 0.320 e. The average molecular weight is 564 g/mol. The van der Waals surface area contributed by atoms with Gasteiger partial charge in [0.1, 0.15) is 10.9 Å². The monoisotopic (exact) mass is 562 g/mol. The van der Waals surface area contributed by atoms with Crippen LogP contribution in [0.3, 0.4) is 0 Å². The van der Waals surface area contributed by atoms with E-state index in [0.717, 1.165) is 67.6 Å². The number of allylic oxidation sites excluding steroid dienone is 1. The van der Waals surface area contributed by atoms with E-state index in [0.29, 0.717) is 10.8 Å². The standard InChI is InChI=1S/C33H55BrO2/c1-7-8-12-30(34)31(35)36-25-17-19-32(5)24(21-25)13-14-26-28-16-15-27(23(4)11-9-10-22(2)3)33(28,6)20-18-29(26)32/h13,22-23,25-30H,7-12,14-21H2,1-6H3/t23-,25-,26-,27+,28-,29-,30-,32-,33+/m0/s1. The van der Waals surface area contributed by atoms with E-state index in [9.17, 15) is 4.79 Å². The molecule has 0 amide bonds. The fraction of sp³-hybridized carbons (Fsp3) is 0.909. The fourth-order valence-electron chi connectivity index (χ4n) is 9.49. The molecule has 3 heteroatoms. The first-order chi connectivity index (χ1) is 17.1. The number of ether oxygens (including phenoxy) is 1. The quantitative estimate of drug-likeness (QED) is 0.150. The third kappa shape index (κ3) is 5.67. The molecule has 4 rings (SSSR count). The van der Waals surface area contributed by atoms with Crippen molar-refractivity contribution in [2.45, 2.75) is 142 Å². The van der Waals surface area contributed by atoms with Gasteiger partial charge in [-0.25, -0.2) is 0 Å². The molecule has 0 saturated heterocycles. The van der Waals surface area contributed by atoms with Crippen molar-refractivity contribution in [2.24, 2.45) is 46.3 Å². The Bertz CT molecular complexity index is 789. The van der Waals surface area contributed by atoms with Gasteiger partial charge in [0.15, 0.2) is 0 Å². The molecule has 0 aromatic carbocycles. The van der Waals surface area contributed by atoms with Crippen molar-refractivity contribution >= 4 is 21.9 Å². The SMILES string of the molecule is CCCC[C@H](Br)C(=O)O[C@H]1CC[C@@]2(C)C(=CC[C@H]3[C@@H]4CC[C@H]([C@@H](C)CCCC(C)C)[C@@]4(C)CC[C@@H]32)C1. The molecule has 9 atom stereocenters. The predicted octanol–water partition coefficient (Wildman–Crippen LogP) is 9.89.